The molecule has 0 bridgehead atoms. The summed E-state index contributed by atoms with van der Waals surface area (Å²) in [6.07, 6.45) is 0. The predicted octanol–water partition coefficient (Wildman–Crippen LogP) is 3.00. The number of para-hydroxylation sites is 1. The zero-order chi connectivity index (χ0) is 15.1. The van der Waals surface area contributed by atoms with Gasteiger partial charge in [-0.15, -0.1) is 0 Å². The number of amides is 1. The molecule has 0 spiro atoms. The summed E-state index contributed by atoms with van der Waals surface area (Å²) in [5, 5.41) is 6.23. The number of rotatable bonds is 1. The molecule has 110 valence electrons. The minimum atomic E-state index is -0.0953. The van der Waals surface area contributed by atoms with Crippen molar-refractivity contribution in [2.45, 2.75) is 13.0 Å². The first-order valence-electron chi connectivity index (χ1n) is 7.41. The van der Waals surface area contributed by atoms with E-state index in [1.54, 1.807) is 11.9 Å². The molecule has 0 saturated heterocycles. The van der Waals surface area contributed by atoms with Gasteiger partial charge in [0.2, 0.25) is 5.91 Å². The molecule has 22 heavy (non-hydrogen) atoms. The standard InChI is InChI=1S/C18H16N2O2/c1-12(21)20-18(13-7-3-2-4-8-13)15-11-22-16-10-6-5-9-14(16)17(15)19-20/h2-10,15,18H,11H2,1H3/t15-,18+/m1/s1. The van der Waals surface area contributed by atoms with E-state index in [9.17, 15) is 4.79 Å². The first-order valence-corrected chi connectivity index (χ1v) is 7.41. The number of carbonyl (C=O) groups is 1. The van der Waals surface area contributed by atoms with E-state index in [0.29, 0.717) is 6.61 Å². The van der Waals surface area contributed by atoms with E-state index in [-0.39, 0.29) is 17.9 Å². The Balaban J connectivity index is 1.82. The molecule has 4 rings (SSSR count). The zero-order valence-electron chi connectivity index (χ0n) is 12.3. The SMILES string of the molecule is CC(=O)N1N=C2c3ccccc3OC[C@H]2[C@@H]1c1ccccc1. The van der Waals surface area contributed by atoms with Crippen LogP contribution in [0.1, 0.15) is 24.1 Å². The molecule has 0 aromatic heterocycles. The zero-order valence-corrected chi connectivity index (χ0v) is 12.3. The van der Waals surface area contributed by atoms with Crippen LogP contribution in [0.4, 0.5) is 0 Å². The lowest BCUT2D eigenvalue weighted by atomic mass is 9.86. The van der Waals surface area contributed by atoms with Gasteiger partial charge in [0.15, 0.2) is 0 Å². The van der Waals surface area contributed by atoms with Crippen LogP contribution >= 0.6 is 0 Å². The lowest BCUT2D eigenvalue weighted by Gasteiger charge is -2.29. The first-order chi connectivity index (χ1) is 10.8. The Labute approximate surface area is 129 Å². The van der Waals surface area contributed by atoms with E-state index in [1.807, 2.05) is 54.6 Å². The summed E-state index contributed by atoms with van der Waals surface area (Å²) < 4.78 is 5.90. The summed E-state index contributed by atoms with van der Waals surface area (Å²) in [7, 11) is 0. The third-order valence-electron chi connectivity index (χ3n) is 4.26. The van der Waals surface area contributed by atoms with Crippen LogP contribution in [0.25, 0.3) is 0 Å². The van der Waals surface area contributed by atoms with Crippen molar-refractivity contribution >= 4 is 11.6 Å². The van der Waals surface area contributed by atoms with E-state index < -0.39 is 0 Å². The molecule has 2 aliphatic heterocycles. The Morgan fingerprint density at radius 3 is 2.64 bits per heavy atom. The van der Waals surface area contributed by atoms with E-state index >= 15 is 0 Å². The summed E-state index contributed by atoms with van der Waals surface area (Å²) in [6.45, 7) is 2.10. The van der Waals surface area contributed by atoms with E-state index in [2.05, 4.69) is 5.10 Å². The quantitative estimate of drug-likeness (QED) is 0.811. The second-order valence-corrected chi connectivity index (χ2v) is 5.62. The number of fused-ring (bicyclic) bond motifs is 3. The van der Waals surface area contributed by atoms with Crippen LogP contribution in [0, 0.1) is 5.92 Å². The molecule has 1 amide bonds. The number of hydrazone groups is 1. The van der Waals surface area contributed by atoms with Gasteiger partial charge in [-0.1, -0.05) is 42.5 Å². The first kappa shape index (κ1) is 13.1. The molecule has 0 unspecified atom stereocenters. The van der Waals surface area contributed by atoms with Crippen molar-refractivity contribution in [3.63, 3.8) is 0 Å². The molecule has 0 N–H and O–H groups in total. The molecule has 2 aliphatic rings. The predicted molar refractivity (Wildman–Crippen MR) is 83.7 cm³/mol. The van der Waals surface area contributed by atoms with Crippen LogP contribution in [0.3, 0.4) is 0 Å². The number of hydrogen-bond acceptors (Lipinski definition) is 3. The highest BCUT2D eigenvalue weighted by molar-refractivity contribution is 6.07. The van der Waals surface area contributed by atoms with Crippen molar-refractivity contribution < 1.29 is 9.53 Å². The fourth-order valence-electron chi connectivity index (χ4n) is 3.27. The molecule has 0 radical (unpaired) electrons. The molecule has 2 aromatic carbocycles. The molecule has 2 atom stereocenters. The average Bonchev–Trinajstić information content (AvgIpc) is 2.96. The number of hydrogen-bond donors (Lipinski definition) is 0. The maximum absolute atomic E-state index is 12.1. The van der Waals surface area contributed by atoms with Gasteiger partial charge in [-0.25, -0.2) is 5.01 Å². The van der Waals surface area contributed by atoms with Crippen LogP contribution in [-0.4, -0.2) is 23.2 Å². The van der Waals surface area contributed by atoms with Crippen molar-refractivity contribution in [3.8, 4) is 5.75 Å². The van der Waals surface area contributed by atoms with Gasteiger partial charge in [-0.3, -0.25) is 4.79 Å². The Hall–Kier alpha value is -2.62. The summed E-state index contributed by atoms with van der Waals surface area (Å²) in [6, 6.07) is 17.8. The second kappa shape index (κ2) is 4.98. The number of nitrogens with zero attached hydrogens (tertiary/aromatic N) is 2. The van der Waals surface area contributed by atoms with E-state index in [4.69, 9.17) is 4.74 Å². The van der Waals surface area contributed by atoms with Crippen LogP contribution in [0.15, 0.2) is 59.7 Å². The number of carbonyl (C=O) groups excluding carboxylic acids is 1. The van der Waals surface area contributed by atoms with Crippen LogP contribution in [-0.2, 0) is 4.79 Å². The van der Waals surface area contributed by atoms with E-state index in [1.165, 1.54) is 0 Å². The average molecular weight is 292 g/mol. The summed E-state index contributed by atoms with van der Waals surface area (Å²) in [4.78, 5) is 12.1. The Kier molecular flexibility index (Phi) is 2.96. The van der Waals surface area contributed by atoms with Crippen LogP contribution < -0.4 is 4.74 Å². The highest BCUT2D eigenvalue weighted by Crippen LogP contribution is 2.42. The van der Waals surface area contributed by atoms with Crippen LogP contribution in [0.2, 0.25) is 0 Å². The van der Waals surface area contributed by atoms with Crippen molar-refractivity contribution in [3.05, 3.63) is 65.7 Å². The fraction of sp³-hybridized carbons (Fsp3) is 0.222. The highest BCUT2D eigenvalue weighted by Gasteiger charge is 2.43. The van der Waals surface area contributed by atoms with Gasteiger partial charge in [0.25, 0.3) is 0 Å². The largest absolute Gasteiger partial charge is 0.492 e. The molecule has 0 saturated carbocycles. The van der Waals surface area contributed by atoms with Gasteiger partial charge >= 0.3 is 0 Å². The smallest absolute Gasteiger partial charge is 0.240 e. The topological polar surface area (TPSA) is 41.9 Å². The lowest BCUT2D eigenvalue weighted by Crippen LogP contribution is -2.34. The summed E-state index contributed by atoms with van der Waals surface area (Å²) in [5.74, 6) is 0.865. The molecular weight excluding hydrogens is 276 g/mol. The Morgan fingerprint density at radius 2 is 1.86 bits per heavy atom. The van der Waals surface area contributed by atoms with Gasteiger partial charge < -0.3 is 4.74 Å². The van der Waals surface area contributed by atoms with Gasteiger partial charge in [-0.05, 0) is 17.7 Å². The minimum absolute atomic E-state index is 0.0479. The number of benzene rings is 2. The Bertz CT molecular complexity index is 755. The molecule has 4 nitrogen and oxygen atoms in total. The molecular formula is C18H16N2O2. The van der Waals surface area contributed by atoms with Gasteiger partial charge in [0, 0.05) is 12.5 Å². The monoisotopic (exact) mass is 292 g/mol. The highest BCUT2D eigenvalue weighted by atomic mass is 16.5. The molecule has 2 aromatic rings. The third kappa shape index (κ3) is 1.91. The molecule has 0 fully saturated rings. The van der Waals surface area contributed by atoms with Crippen molar-refractivity contribution in [2.75, 3.05) is 6.61 Å². The van der Waals surface area contributed by atoms with Crippen molar-refractivity contribution in [1.82, 2.24) is 5.01 Å². The maximum atomic E-state index is 12.1. The van der Waals surface area contributed by atoms with Gasteiger partial charge in [-0.2, -0.15) is 5.10 Å². The maximum Gasteiger partial charge on any atom is 0.240 e. The third-order valence-corrected chi connectivity index (χ3v) is 4.26. The van der Waals surface area contributed by atoms with Crippen molar-refractivity contribution in [2.24, 2.45) is 11.0 Å². The summed E-state index contributed by atoms with van der Waals surface area (Å²) >= 11 is 0. The normalized spacial score (nSPS) is 22.4. The molecule has 2 heterocycles. The second-order valence-electron chi connectivity index (χ2n) is 5.62. The fourth-order valence-corrected chi connectivity index (χ4v) is 3.27. The summed E-state index contributed by atoms with van der Waals surface area (Å²) in [5.41, 5.74) is 3.03. The molecule has 0 aliphatic carbocycles. The van der Waals surface area contributed by atoms with Crippen molar-refractivity contribution in [1.29, 1.82) is 0 Å². The Morgan fingerprint density at radius 1 is 1.14 bits per heavy atom. The van der Waals surface area contributed by atoms with E-state index in [0.717, 1.165) is 22.6 Å². The number of ether oxygens (including phenoxy) is 1. The van der Waals surface area contributed by atoms with Gasteiger partial charge in [0.05, 0.1) is 24.3 Å². The molecule has 4 heteroatoms. The van der Waals surface area contributed by atoms with Crippen LogP contribution in [0.5, 0.6) is 5.75 Å². The van der Waals surface area contributed by atoms with Gasteiger partial charge in [0.1, 0.15) is 5.75 Å². The lowest BCUT2D eigenvalue weighted by molar-refractivity contribution is -0.131. The minimum Gasteiger partial charge on any atom is -0.492 e.